The van der Waals surface area contributed by atoms with Crippen LogP contribution in [0.15, 0.2) is 22.8 Å². The number of halogens is 3. The molecule has 11 heteroatoms. The Labute approximate surface area is 199 Å². The summed E-state index contributed by atoms with van der Waals surface area (Å²) >= 11 is 0.993. The first kappa shape index (κ1) is 25.6. The van der Waals surface area contributed by atoms with Crippen molar-refractivity contribution in [3.63, 3.8) is 0 Å². The van der Waals surface area contributed by atoms with E-state index in [0.29, 0.717) is 18.4 Å². The van der Waals surface area contributed by atoms with Crippen LogP contribution in [-0.2, 0) is 22.4 Å². The number of esters is 1. The van der Waals surface area contributed by atoms with E-state index in [0.717, 1.165) is 28.9 Å². The maximum atomic E-state index is 14.5. The lowest BCUT2D eigenvalue weighted by Gasteiger charge is -2.34. The van der Waals surface area contributed by atoms with Gasteiger partial charge in [0.15, 0.2) is 5.76 Å². The quantitative estimate of drug-likeness (QED) is 0.429. The molecular formula is C23H26F3N3O4S. The summed E-state index contributed by atoms with van der Waals surface area (Å²) in [6.45, 7) is 7.29. The predicted molar refractivity (Wildman–Crippen MR) is 119 cm³/mol. The molecule has 34 heavy (non-hydrogen) atoms. The van der Waals surface area contributed by atoms with Crippen molar-refractivity contribution in [2.75, 3.05) is 11.9 Å². The highest BCUT2D eigenvalue weighted by atomic mass is 32.1. The second-order valence-corrected chi connectivity index (χ2v) is 10.3. The van der Waals surface area contributed by atoms with Crippen LogP contribution in [0.1, 0.15) is 60.7 Å². The van der Waals surface area contributed by atoms with E-state index in [1.807, 2.05) is 6.07 Å². The van der Waals surface area contributed by atoms with Gasteiger partial charge in [-0.1, -0.05) is 20.8 Å². The number of fused-ring (bicyclic) bond motifs is 1. The zero-order valence-electron chi connectivity index (χ0n) is 19.3. The van der Waals surface area contributed by atoms with Crippen molar-refractivity contribution in [2.45, 2.75) is 58.8 Å². The summed E-state index contributed by atoms with van der Waals surface area (Å²) in [6.07, 6.45) is -2.26. The van der Waals surface area contributed by atoms with Gasteiger partial charge in [0.25, 0.3) is 5.91 Å². The highest BCUT2D eigenvalue weighted by Gasteiger charge is 2.64. The van der Waals surface area contributed by atoms with Crippen molar-refractivity contribution in [1.82, 2.24) is 5.32 Å². The van der Waals surface area contributed by atoms with Gasteiger partial charge in [-0.25, -0.2) is 4.79 Å². The number of rotatable bonds is 6. The number of ether oxygens (including phenoxy) is 1. The third-order valence-corrected chi connectivity index (χ3v) is 7.13. The molecule has 0 saturated heterocycles. The first-order chi connectivity index (χ1) is 15.8. The summed E-state index contributed by atoms with van der Waals surface area (Å²) < 4.78 is 53.1. The molecule has 2 heterocycles. The molecule has 0 spiro atoms. The fourth-order valence-corrected chi connectivity index (χ4v) is 5.30. The standard InChI is InChI=1S/C23H26F3N3O4S/c1-5-32-20(31)22(23(24,25)26,28-18(30)16-7-6-10-33-16)29-19-15(12-27)14-9-8-13(21(2,3)4)11-17(14)34-19/h6-7,10,13,29H,5,8-9,11H2,1-4H3,(H,28,30)/t13-,22-/m1/s1. The largest absolute Gasteiger partial charge is 0.463 e. The number of furan rings is 1. The molecule has 1 amide bonds. The number of nitriles is 1. The van der Waals surface area contributed by atoms with Crippen LogP contribution in [0.2, 0.25) is 0 Å². The van der Waals surface area contributed by atoms with E-state index >= 15 is 0 Å². The Morgan fingerprint density at radius 3 is 2.56 bits per heavy atom. The van der Waals surface area contributed by atoms with Crippen molar-refractivity contribution in [1.29, 1.82) is 5.26 Å². The van der Waals surface area contributed by atoms with Gasteiger partial charge in [0.2, 0.25) is 0 Å². The lowest BCUT2D eigenvalue weighted by atomic mass is 9.72. The normalized spacial score (nSPS) is 17.8. The minimum Gasteiger partial charge on any atom is -0.463 e. The van der Waals surface area contributed by atoms with Gasteiger partial charge in [-0.05, 0) is 55.2 Å². The van der Waals surface area contributed by atoms with Gasteiger partial charge in [0, 0.05) is 4.88 Å². The molecule has 1 aliphatic carbocycles. The first-order valence-electron chi connectivity index (χ1n) is 10.8. The van der Waals surface area contributed by atoms with Crippen LogP contribution < -0.4 is 10.6 Å². The molecule has 0 aromatic carbocycles. The van der Waals surface area contributed by atoms with Gasteiger partial charge < -0.3 is 19.8 Å². The molecule has 0 aliphatic heterocycles. The van der Waals surface area contributed by atoms with E-state index in [4.69, 9.17) is 9.15 Å². The van der Waals surface area contributed by atoms with Crippen LogP contribution in [0.3, 0.4) is 0 Å². The Kier molecular flexibility index (Phi) is 7.03. The van der Waals surface area contributed by atoms with Crippen LogP contribution in [0.25, 0.3) is 0 Å². The van der Waals surface area contributed by atoms with Gasteiger partial charge >= 0.3 is 17.8 Å². The monoisotopic (exact) mass is 497 g/mol. The van der Waals surface area contributed by atoms with Crippen molar-refractivity contribution in [2.24, 2.45) is 11.3 Å². The summed E-state index contributed by atoms with van der Waals surface area (Å²) in [5.41, 5.74) is -2.93. The molecular weight excluding hydrogens is 471 g/mol. The van der Waals surface area contributed by atoms with E-state index in [2.05, 4.69) is 26.1 Å². The molecule has 0 bridgehead atoms. The Balaban J connectivity index is 2.08. The molecule has 184 valence electrons. The van der Waals surface area contributed by atoms with Crippen LogP contribution in [0, 0.1) is 22.7 Å². The zero-order chi connectivity index (χ0) is 25.3. The van der Waals surface area contributed by atoms with Crippen molar-refractivity contribution < 1.29 is 31.9 Å². The minimum atomic E-state index is -5.31. The molecule has 7 nitrogen and oxygen atoms in total. The van der Waals surface area contributed by atoms with Crippen LogP contribution >= 0.6 is 11.3 Å². The molecule has 0 radical (unpaired) electrons. The van der Waals surface area contributed by atoms with E-state index in [9.17, 15) is 28.0 Å². The fourth-order valence-electron chi connectivity index (χ4n) is 3.97. The van der Waals surface area contributed by atoms with E-state index in [-0.39, 0.29) is 28.5 Å². The minimum absolute atomic E-state index is 0.0141. The summed E-state index contributed by atoms with van der Waals surface area (Å²) in [5, 5.41) is 13.5. The van der Waals surface area contributed by atoms with Crippen molar-refractivity contribution in [3.8, 4) is 6.07 Å². The maximum Gasteiger partial charge on any atom is 0.441 e. The number of carbonyl (C=O) groups excluding carboxylic acids is 2. The van der Waals surface area contributed by atoms with Crippen LogP contribution in [-0.4, -0.2) is 30.3 Å². The van der Waals surface area contributed by atoms with E-state index in [1.54, 1.807) is 5.32 Å². The van der Waals surface area contributed by atoms with Crippen molar-refractivity contribution >= 4 is 28.2 Å². The summed E-state index contributed by atoms with van der Waals surface area (Å²) in [7, 11) is 0. The Hall–Kier alpha value is -3.00. The topological polar surface area (TPSA) is 104 Å². The van der Waals surface area contributed by atoms with Gasteiger partial charge in [-0.15, -0.1) is 11.3 Å². The number of carbonyl (C=O) groups is 2. The number of nitrogens with one attached hydrogen (secondary N) is 2. The number of thiophene rings is 1. The third-order valence-electron chi connectivity index (χ3n) is 5.96. The molecule has 2 atom stereocenters. The Morgan fingerprint density at radius 2 is 2.03 bits per heavy atom. The van der Waals surface area contributed by atoms with Gasteiger partial charge in [0.05, 0.1) is 18.4 Å². The second kappa shape index (κ2) is 9.33. The molecule has 0 fully saturated rings. The van der Waals surface area contributed by atoms with Crippen LogP contribution in [0.4, 0.5) is 18.2 Å². The lowest BCUT2D eigenvalue weighted by molar-refractivity contribution is -0.204. The van der Waals surface area contributed by atoms with Gasteiger partial charge in [-0.2, -0.15) is 18.4 Å². The Bertz CT molecular complexity index is 1100. The van der Waals surface area contributed by atoms with E-state index < -0.39 is 29.5 Å². The number of amides is 1. The number of hydrogen-bond acceptors (Lipinski definition) is 7. The van der Waals surface area contributed by atoms with Crippen LogP contribution in [0.5, 0.6) is 0 Å². The zero-order valence-corrected chi connectivity index (χ0v) is 20.1. The molecule has 2 aromatic rings. The molecule has 0 unspecified atom stereocenters. The second-order valence-electron chi connectivity index (χ2n) is 9.15. The highest BCUT2D eigenvalue weighted by Crippen LogP contribution is 2.45. The van der Waals surface area contributed by atoms with Gasteiger partial charge in [-0.3, -0.25) is 4.79 Å². The fraction of sp³-hybridized carbons (Fsp3) is 0.522. The predicted octanol–water partition coefficient (Wildman–Crippen LogP) is 5.03. The molecule has 3 rings (SSSR count). The average Bonchev–Trinajstić information content (AvgIpc) is 3.39. The van der Waals surface area contributed by atoms with Gasteiger partial charge in [0.1, 0.15) is 11.1 Å². The third kappa shape index (κ3) is 4.78. The summed E-state index contributed by atoms with van der Waals surface area (Å²) in [6, 6.07) is 4.47. The lowest BCUT2D eigenvalue weighted by Crippen LogP contribution is -2.69. The number of hydrogen-bond donors (Lipinski definition) is 2. The number of alkyl halides is 3. The average molecular weight is 498 g/mol. The Morgan fingerprint density at radius 1 is 1.32 bits per heavy atom. The molecule has 2 N–H and O–H groups in total. The highest BCUT2D eigenvalue weighted by molar-refractivity contribution is 7.16. The summed E-state index contributed by atoms with van der Waals surface area (Å²) in [5.74, 6) is -3.14. The molecule has 0 saturated carbocycles. The number of nitrogens with zero attached hydrogens (tertiary/aromatic N) is 1. The first-order valence-corrected chi connectivity index (χ1v) is 11.6. The SMILES string of the molecule is CCOC(=O)[C@@](NC(=O)c1ccco1)(Nc1sc2c(c1C#N)CC[C@@H](C(C)(C)C)C2)C(F)(F)F. The smallest absolute Gasteiger partial charge is 0.441 e. The maximum absolute atomic E-state index is 14.5. The summed E-state index contributed by atoms with van der Waals surface area (Å²) in [4.78, 5) is 26.1. The molecule has 1 aliphatic rings. The van der Waals surface area contributed by atoms with E-state index in [1.165, 1.54) is 19.1 Å². The molecule has 2 aromatic heterocycles. The number of anilines is 1. The van der Waals surface area contributed by atoms with Crippen molar-refractivity contribution in [3.05, 3.63) is 40.2 Å².